The van der Waals surface area contributed by atoms with E-state index in [1.54, 1.807) is 0 Å². The average molecular weight is 344 g/mol. The molecule has 3 N–H and O–H groups in total. The predicted molar refractivity (Wildman–Crippen MR) is 97.0 cm³/mol. The Bertz CT molecular complexity index is 619. The number of piperidine rings is 1. The molecule has 0 saturated carbocycles. The standard InChI is InChI=1S/C19H28N4O2/c20-13-17-7-3-4-11-23(17)18(24)8-10-21-19(25)22-12-9-15-5-1-2-6-16(15)14-22/h1-2,5-6,17H,3-4,7-14,20H2,(H,21,25). The van der Waals surface area contributed by atoms with E-state index in [9.17, 15) is 9.59 Å². The topological polar surface area (TPSA) is 78.7 Å². The summed E-state index contributed by atoms with van der Waals surface area (Å²) in [4.78, 5) is 28.5. The van der Waals surface area contributed by atoms with Crippen LogP contribution in [0.2, 0.25) is 0 Å². The van der Waals surface area contributed by atoms with Crippen LogP contribution in [0.3, 0.4) is 0 Å². The smallest absolute Gasteiger partial charge is 0.317 e. The Morgan fingerprint density at radius 2 is 1.96 bits per heavy atom. The average Bonchev–Trinajstić information content (AvgIpc) is 2.67. The zero-order chi connectivity index (χ0) is 17.6. The number of urea groups is 1. The van der Waals surface area contributed by atoms with Gasteiger partial charge in [-0.1, -0.05) is 24.3 Å². The number of carbonyl (C=O) groups is 2. The van der Waals surface area contributed by atoms with E-state index in [4.69, 9.17) is 5.73 Å². The molecule has 0 aromatic heterocycles. The van der Waals surface area contributed by atoms with Crippen LogP contribution in [0.4, 0.5) is 4.79 Å². The second-order valence-electron chi connectivity index (χ2n) is 6.89. The molecule has 0 aliphatic carbocycles. The van der Waals surface area contributed by atoms with Crippen molar-refractivity contribution in [3.63, 3.8) is 0 Å². The summed E-state index contributed by atoms with van der Waals surface area (Å²) < 4.78 is 0. The third-order valence-corrected chi connectivity index (χ3v) is 5.25. The summed E-state index contributed by atoms with van der Waals surface area (Å²) in [7, 11) is 0. The summed E-state index contributed by atoms with van der Waals surface area (Å²) in [5, 5.41) is 2.89. The Morgan fingerprint density at radius 1 is 1.16 bits per heavy atom. The number of likely N-dealkylation sites (tertiary alicyclic amines) is 1. The Labute approximate surface area is 149 Å². The number of hydrogen-bond acceptors (Lipinski definition) is 3. The normalized spacial score (nSPS) is 20.1. The maximum atomic E-state index is 12.4. The van der Waals surface area contributed by atoms with Gasteiger partial charge in [-0.2, -0.15) is 0 Å². The van der Waals surface area contributed by atoms with E-state index in [0.29, 0.717) is 26.1 Å². The highest BCUT2D eigenvalue weighted by atomic mass is 16.2. The van der Waals surface area contributed by atoms with Crippen LogP contribution < -0.4 is 11.1 Å². The van der Waals surface area contributed by atoms with Gasteiger partial charge in [0.2, 0.25) is 5.91 Å². The molecule has 1 aromatic carbocycles. The van der Waals surface area contributed by atoms with E-state index >= 15 is 0 Å². The molecule has 1 fully saturated rings. The van der Waals surface area contributed by atoms with Crippen LogP contribution in [0.1, 0.15) is 36.8 Å². The van der Waals surface area contributed by atoms with Gasteiger partial charge in [-0.05, 0) is 36.8 Å². The SMILES string of the molecule is NCC1CCCCN1C(=O)CCNC(=O)N1CCc2ccccc2C1. The van der Waals surface area contributed by atoms with Gasteiger partial charge in [-0.15, -0.1) is 0 Å². The van der Waals surface area contributed by atoms with Crippen molar-refractivity contribution in [3.05, 3.63) is 35.4 Å². The first-order valence-electron chi connectivity index (χ1n) is 9.28. The first-order chi connectivity index (χ1) is 12.2. The summed E-state index contributed by atoms with van der Waals surface area (Å²) in [6.45, 7) is 3.04. The van der Waals surface area contributed by atoms with Crippen LogP contribution in [0, 0.1) is 0 Å². The first kappa shape index (κ1) is 17.7. The molecule has 1 saturated heterocycles. The third-order valence-electron chi connectivity index (χ3n) is 5.25. The molecule has 1 unspecified atom stereocenters. The lowest BCUT2D eigenvalue weighted by atomic mass is 10.0. The van der Waals surface area contributed by atoms with Gasteiger partial charge in [0, 0.05) is 45.2 Å². The van der Waals surface area contributed by atoms with Gasteiger partial charge in [0.1, 0.15) is 0 Å². The van der Waals surface area contributed by atoms with Crippen LogP contribution in [0.15, 0.2) is 24.3 Å². The van der Waals surface area contributed by atoms with Gasteiger partial charge in [0.25, 0.3) is 0 Å². The van der Waals surface area contributed by atoms with Crippen LogP contribution in [0.25, 0.3) is 0 Å². The lowest BCUT2D eigenvalue weighted by Crippen LogP contribution is -2.48. The van der Waals surface area contributed by atoms with Crippen molar-refractivity contribution in [3.8, 4) is 0 Å². The number of benzene rings is 1. The van der Waals surface area contributed by atoms with Crippen molar-refractivity contribution in [2.24, 2.45) is 5.73 Å². The molecular formula is C19H28N4O2. The number of amides is 3. The van der Waals surface area contributed by atoms with Crippen LogP contribution in [-0.2, 0) is 17.8 Å². The summed E-state index contributed by atoms with van der Waals surface area (Å²) in [5.74, 6) is 0.0967. The van der Waals surface area contributed by atoms with Gasteiger partial charge in [0.15, 0.2) is 0 Å². The highest BCUT2D eigenvalue weighted by molar-refractivity contribution is 5.79. The van der Waals surface area contributed by atoms with Crippen LogP contribution in [0.5, 0.6) is 0 Å². The summed E-state index contributed by atoms with van der Waals surface area (Å²) in [6.07, 6.45) is 4.39. The quantitative estimate of drug-likeness (QED) is 0.868. The largest absolute Gasteiger partial charge is 0.338 e. The minimum atomic E-state index is -0.0867. The first-order valence-corrected chi connectivity index (χ1v) is 9.28. The molecule has 136 valence electrons. The second kappa shape index (κ2) is 8.34. The van der Waals surface area contributed by atoms with Gasteiger partial charge < -0.3 is 20.9 Å². The van der Waals surface area contributed by atoms with E-state index in [1.165, 1.54) is 11.1 Å². The predicted octanol–water partition coefficient (Wildman–Crippen LogP) is 1.48. The maximum Gasteiger partial charge on any atom is 0.317 e. The fraction of sp³-hybridized carbons (Fsp3) is 0.579. The highest BCUT2D eigenvalue weighted by Gasteiger charge is 2.25. The van der Waals surface area contributed by atoms with E-state index < -0.39 is 0 Å². The number of nitrogens with one attached hydrogen (secondary N) is 1. The number of rotatable bonds is 4. The molecule has 2 aliphatic heterocycles. The molecule has 25 heavy (non-hydrogen) atoms. The molecule has 2 heterocycles. The zero-order valence-electron chi connectivity index (χ0n) is 14.7. The number of hydrogen-bond donors (Lipinski definition) is 2. The van der Waals surface area contributed by atoms with Crippen LogP contribution >= 0.6 is 0 Å². The number of fused-ring (bicyclic) bond motifs is 1. The Morgan fingerprint density at radius 3 is 2.76 bits per heavy atom. The molecule has 0 spiro atoms. The fourth-order valence-electron chi connectivity index (χ4n) is 3.77. The molecule has 6 nitrogen and oxygen atoms in total. The lowest BCUT2D eigenvalue weighted by molar-refractivity contribution is -0.134. The van der Waals surface area contributed by atoms with Gasteiger partial charge in [-0.3, -0.25) is 4.79 Å². The number of nitrogens with zero attached hydrogens (tertiary/aromatic N) is 2. The monoisotopic (exact) mass is 344 g/mol. The minimum absolute atomic E-state index is 0.0867. The fourth-order valence-corrected chi connectivity index (χ4v) is 3.77. The van der Waals surface area contributed by atoms with E-state index in [1.807, 2.05) is 21.9 Å². The highest BCUT2D eigenvalue weighted by Crippen LogP contribution is 2.19. The van der Waals surface area contributed by atoms with E-state index in [-0.39, 0.29) is 18.0 Å². The Hall–Kier alpha value is -2.08. The van der Waals surface area contributed by atoms with Crippen LogP contribution in [-0.4, -0.2) is 54.0 Å². The molecule has 2 aliphatic rings. The minimum Gasteiger partial charge on any atom is -0.338 e. The number of carbonyl (C=O) groups excluding carboxylic acids is 2. The van der Waals surface area contributed by atoms with Crippen molar-refractivity contribution in [1.29, 1.82) is 0 Å². The lowest BCUT2D eigenvalue weighted by Gasteiger charge is -2.35. The van der Waals surface area contributed by atoms with E-state index in [0.717, 1.165) is 38.8 Å². The molecule has 1 atom stereocenters. The summed E-state index contributed by atoms with van der Waals surface area (Å²) >= 11 is 0. The zero-order valence-corrected chi connectivity index (χ0v) is 14.7. The second-order valence-corrected chi connectivity index (χ2v) is 6.89. The third kappa shape index (κ3) is 4.31. The molecule has 0 radical (unpaired) electrons. The van der Waals surface area contributed by atoms with Crippen molar-refractivity contribution < 1.29 is 9.59 Å². The summed E-state index contributed by atoms with van der Waals surface area (Å²) in [5.41, 5.74) is 8.30. The molecule has 3 amide bonds. The van der Waals surface area contributed by atoms with Crippen molar-refractivity contribution in [2.45, 2.75) is 44.7 Å². The Kier molecular flexibility index (Phi) is 5.91. The van der Waals surface area contributed by atoms with Crippen molar-refractivity contribution in [2.75, 3.05) is 26.2 Å². The van der Waals surface area contributed by atoms with Gasteiger partial charge >= 0.3 is 6.03 Å². The van der Waals surface area contributed by atoms with E-state index in [2.05, 4.69) is 17.4 Å². The maximum absolute atomic E-state index is 12.4. The summed E-state index contributed by atoms with van der Waals surface area (Å²) in [6, 6.07) is 8.31. The molecule has 3 rings (SSSR count). The molecule has 6 heteroatoms. The van der Waals surface area contributed by atoms with Crippen molar-refractivity contribution in [1.82, 2.24) is 15.1 Å². The van der Waals surface area contributed by atoms with Gasteiger partial charge in [0.05, 0.1) is 0 Å². The van der Waals surface area contributed by atoms with Crippen molar-refractivity contribution >= 4 is 11.9 Å². The molecule has 0 bridgehead atoms. The number of nitrogens with two attached hydrogens (primary N) is 1. The molecule has 1 aromatic rings. The molecular weight excluding hydrogens is 316 g/mol. The van der Waals surface area contributed by atoms with Gasteiger partial charge in [-0.25, -0.2) is 4.79 Å². The Balaban J connectivity index is 1.44.